The van der Waals surface area contributed by atoms with Crippen LogP contribution in [0, 0.1) is 18.6 Å². The van der Waals surface area contributed by atoms with E-state index in [1.807, 2.05) is 6.92 Å². The third kappa shape index (κ3) is 3.81. The number of nitrogen functional groups attached to an aromatic ring is 1. The lowest BCUT2D eigenvalue weighted by molar-refractivity contribution is 0.278. The molecule has 0 atom stereocenters. The van der Waals surface area contributed by atoms with Gasteiger partial charge >= 0.3 is 0 Å². The van der Waals surface area contributed by atoms with Crippen molar-refractivity contribution in [2.24, 2.45) is 5.10 Å². The van der Waals surface area contributed by atoms with Crippen molar-refractivity contribution in [3.63, 3.8) is 0 Å². The van der Waals surface area contributed by atoms with Gasteiger partial charge in [0.05, 0.1) is 24.7 Å². The van der Waals surface area contributed by atoms with Crippen molar-refractivity contribution in [2.45, 2.75) is 26.7 Å². The van der Waals surface area contributed by atoms with Crippen molar-refractivity contribution in [1.82, 2.24) is 9.66 Å². The molecular formula is C15H18F2N4O. The summed E-state index contributed by atoms with van der Waals surface area (Å²) in [6, 6.07) is 2.32. The maximum absolute atomic E-state index is 13.9. The summed E-state index contributed by atoms with van der Waals surface area (Å²) in [7, 11) is 0. The van der Waals surface area contributed by atoms with Crippen LogP contribution < -0.4 is 10.5 Å². The molecule has 1 heterocycles. The van der Waals surface area contributed by atoms with Crippen LogP contribution in [0.1, 0.15) is 31.0 Å². The van der Waals surface area contributed by atoms with Crippen LogP contribution in [0.3, 0.4) is 0 Å². The van der Waals surface area contributed by atoms with Crippen molar-refractivity contribution in [2.75, 3.05) is 12.3 Å². The number of hydrogen-bond acceptors (Lipinski definition) is 4. The zero-order chi connectivity index (χ0) is 16.1. The van der Waals surface area contributed by atoms with E-state index in [1.54, 1.807) is 13.1 Å². The first-order valence-corrected chi connectivity index (χ1v) is 6.99. The highest BCUT2D eigenvalue weighted by Crippen LogP contribution is 2.23. The van der Waals surface area contributed by atoms with Crippen LogP contribution in [0.2, 0.25) is 0 Å². The van der Waals surface area contributed by atoms with Crippen LogP contribution in [0.25, 0.3) is 0 Å². The van der Waals surface area contributed by atoms with Crippen LogP contribution in [-0.2, 0) is 0 Å². The van der Waals surface area contributed by atoms with Crippen molar-refractivity contribution in [3.8, 4) is 5.75 Å². The molecule has 0 radical (unpaired) electrons. The van der Waals surface area contributed by atoms with Crippen LogP contribution in [-0.4, -0.2) is 22.5 Å². The second-order valence-electron chi connectivity index (χ2n) is 4.85. The molecule has 0 amide bonds. The Hall–Kier alpha value is -2.44. The molecule has 2 aromatic rings. The fourth-order valence-electron chi connectivity index (χ4n) is 1.84. The summed E-state index contributed by atoms with van der Waals surface area (Å²) in [4.78, 5) is 3.97. The number of unbranched alkanes of at least 4 members (excludes halogenated alkanes) is 1. The van der Waals surface area contributed by atoms with Crippen LogP contribution >= 0.6 is 0 Å². The number of aryl methyl sites for hydroxylation is 1. The van der Waals surface area contributed by atoms with Crippen molar-refractivity contribution in [1.29, 1.82) is 0 Å². The normalized spacial score (nSPS) is 11.3. The lowest BCUT2D eigenvalue weighted by atomic mass is 10.2. The van der Waals surface area contributed by atoms with E-state index in [2.05, 4.69) is 10.1 Å². The number of halogens is 2. The Bertz CT molecular complexity index is 659. The molecule has 0 aliphatic rings. The minimum Gasteiger partial charge on any atom is -0.488 e. The molecule has 0 spiro atoms. The van der Waals surface area contributed by atoms with Gasteiger partial charge in [-0.3, -0.25) is 0 Å². The third-order valence-corrected chi connectivity index (χ3v) is 2.93. The highest BCUT2D eigenvalue weighted by atomic mass is 19.1. The predicted octanol–water partition coefficient (Wildman–Crippen LogP) is 3.11. The molecule has 2 N–H and O–H groups in total. The van der Waals surface area contributed by atoms with E-state index >= 15 is 0 Å². The molecule has 7 heteroatoms. The van der Waals surface area contributed by atoms with Gasteiger partial charge in [-0.25, -0.2) is 18.4 Å². The van der Waals surface area contributed by atoms with E-state index in [-0.39, 0.29) is 23.9 Å². The van der Waals surface area contributed by atoms with Gasteiger partial charge in [0.15, 0.2) is 17.4 Å². The molecule has 0 aliphatic carbocycles. The molecule has 0 saturated heterocycles. The lowest BCUT2D eigenvalue weighted by Gasteiger charge is -2.08. The maximum atomic E-state index is 13.9. The largest absolute Gasteiger partial charge is 0.488 e. The summed E-state index contributed by atoms with van der Waals surface area (Å²) < 4.78 is 34.2. The van der Waals surface area contributed by atoms with Crippen molar-refractivity contribution in [3.05, 3.63) is 41.2 Å². The van der Waals surface area contributed by atoms with Gasteiger partial charge in [0, 0.05) is 5.56 Å². The number of anilines is 1. The number of nitrogens with two attached hydrogens (primary N) is 1. The first kappa shape index (κ1) is 15.9. The summed E-state index contributed by atoms with van der Waals surface area (Å²) in [5.41, 5.74) is 6.60. The fourth-order valence-corrected chi connectivity index (χ4v) is 1.84. The molecule has 2 rings (SSSR count). The van der Waals surface area contributed by atoms with Gasteiger partial charge in [-0.1, -0.05) is 13.3 Å². The standard InChI is InChI=1S/C15H18F2N4O/c1-3-4-5-22-14-12(16)6-11(7-13(14)17)8-19-21-9-10(2)20-15(21)18/h6-9H,3-5H2,1-2H3,(H2,18,20). The molecular weight excluding hydrogens is 290 g/mol. The smallest absolute Gasteiger partial charge is 0.221 e. The SMILES string of the molecule is CCCCOc1c(F)cc(C=Nn2cc(C)nc2N)cc1F. The number of imidazole rings is 1. The average molecular weight is 308 g/mol. The van der Waals surface area contributed by atoms with Gasteiger partial charge in [-0.05, 0) is 25.5 Å². The van der Waals surface area contributed by atoms with E-state index in [1.165, 1.54) is 10.9 Å². The number of hydrogen-bond donors (Lipinski definition) is 1. The number of nitrogens with zero attached hydrogens (tertiary/aromatic N) is 3. The second-order valence-corrected chi connectivity index (χ2v) is 4.85. The summed E-state index contributed by atoms with van der Waals surface area (Å²) >= 11 is 0. The molecule has 5 nitrogen and oxygen atoms in total. The first-order chi connectivity index (χ1) is 10.5. The molecule has 118 valence electrons. The zero-order valence-corrected chi connectivity index (χ0v) is 12.5. The number of aromatic nitrogens is 2. The first-order valence-electron chi connectivity index (χ1n) is 6.99. The van der Waals surface area contributed by atoms with Crippen molar-refractivity contribution >= 4 is 12.2 Å². The molecule has 0 aliphatic heterocycles. The fraction of sp³-hybridized carbons (Fsp3) is 0.333. The second kappa shape index (κ2) is 7.02. The third-order valence-electron chi connectivity index (χ3n) is 2.93. The summed E-state index contributed by atoms with van der Waals surface area (Å²) in [5, 5.41) is 4.01. The van der Waals surface area contributed by atoms with Crippen LogP contribution in [0.5, 0.6) is 5.75 Å². The Labute approximate surface area is 127 Å². The Kier molecular flexibility index (Phi) is 5.08. The van der Waals surface area contributed by atoms with Gasteiger partial charge in [0.25, 0.3) is 0 Å². The predicted molar refractivity (Wildman–Crippen MR) is 81.1 cm³/mol. The highest BCUT2D eigenvalue weighted by molar-refractivity contribution is 5.80. The summed E-state index contributed by atoms with van der Waals surface area (Å²) in [6.45, 7) is 4.02. The molecule has 1 aromatic carbocycles. The average Bonchev–Trinajstić information content (AvgIpc) is 2.78. The van der Waals surface area contributed by atoms with Crippen LogP contribution in [0.4, 0.5) is 14.7 Å². The quantitative estimate of drug-likeness (QED) is 0.658. The minimum absolute atomic E-state index is 0.203. The summed E-state index contributed by atoms with van der Waals surface area (Å²) in [5.74, 6) is -1.67. The minimum atomic E-state index is -0.757. The Balaban J connectivity index is 2.17. The van der Waals surface area contributed by atoms with E-state index in [0.717, 1.165) is 25.0 Å². The Morgan fingerprint density at radius 1 is 1.36 bits per heavy atom. The molecule has 0 bridgehead atoms. The molecule has 22 heavy (non-hydrogen) atoms. The Morgan fingerprint density at radius 2 is 2.05 bits per heavy atom. The molecule has 1 aromatic heterocycles. The van der Waals surface area contributed by atoms with Crippen molar-refractivity contribution < 1.29 is 13.5 Å². The van der Waals surface area contributed by atoms with Gasteiger partial charge in [0.2, 0.25) is 5.95 Å². The van der Waals surface area contributed by atoms with Gasteiger partial charge in [0.1, 0.15) is 0 Å². The molecule has 0 fully saturated rings. The van der Waals surface area contributed by atoms with Gasteiger partial charge in [-0.15, -0.1) is 0 Å². The lowest BCUT2D eigenvalue weighted by Crippen LogP contribution is -2.02. The van der Waals surface area contributed by atoms with Gasteiger partial charge in [-0.2, -0.15) is 5.10 Å². The highest BCUT2D eigenvalue weighted by Gasteiger charge is 2.12. The van der Waals surface area contributed by atoms with E-state index in [0.29, 0.717) is 5.69 Å². The summed E-state index contributed by atoms with van der Waals surface area (Å²) in [6.07, 6.45) is 4.54. The van der Waals surface area contributed by atoms with Gasteiger partial charge < -0.3 is 10.5 Å². The van der Waals surface area contributed by atoms with Crippen LogP contribution in [0.15, 0.2) is 23.4 Å². The van der Waals surface area contributed by atoms with E-state index < -0.39 is 11.6 Å². The Morgan fingerprint density at radius 3 is 2.59 bits per heavy atom. The maximum Gasteiger partial charge on any atom is 0.221 e. The molecule has 0 saturated carbocycles. The number of ether oxygens (including phenoxy) is 1. The van der Waals surface area contributed by atoms with E-state index in [9.17, 15) is 8.78 Å². The molecule has 0 unspecified atom stereocenters. The van der Waals surface area contributed by atoms with E-state index in [4.69, 9.17) is 10.5 Å². The number of benzene rings is 1. The zero-order valence-electron chi connectivity index (χ0n) is 12.5. The number of rotatable bonds is 6. The topological polar surface area (TPSA) is 65.4 Å². The monoisotopic (exact) mass is 308 g/mol.